The van der Waals surface area contributed by atoms with Crippen molar-refractivity contribution in [3.8, 4) is 0 Å². The van der Waals surface area contributed by atoms with E-state index in [4.69, 9.17) is 0 Å². The molecule has 1 aromatic rings. The minimum Gasteiger partial charge on any atom is -0.322 e. The van der Waals surface area contributed by atoms with Crippen LogP contribution in [0.4, 0.5) is 0 Å². The van der Waals surface area contributed by atoms with Crippen molar-refractivity contribution < 1.29 is 4.57 Å². The molecule has 1 fully saturated rings. The van der Waals surface area contributed by atoms with Crippen LogP contribution in [-0.2, 0) is 4.57 Å². The number of hydrogen-bond acceptors (Lipinski definition) is 2. The SMILES string of the molecule is CCCCP(=O)(CCCC)C(NC1CCCCC1)c1ccccc1. The Morgan fingerprint density at radius 3 is 2.12 bits per heavy atom. The van der Waals surface area contributed by atoms with Crippen LogP contribution in [0.15, 0.2) is 30.3 Å². The fourth-order valence-electron chi connectivity index (χ4n) is 3.85. The van der Waals surface area contributed by atoms with Crippen LogP contribution >= 0.6 is 7.14 Å². The zero-order chi connectivity index (χ0) is 17.3. The molecule has 0 radical (unpaired) electrons. The van der Waals surface area contributed by atoms with Crippen LogP contribution in [0.2, 0.25) is 0 Å². The molecule has 0 aliphatic heterocycles. The summed E-state index contributed by atoms with van der Waals surface area (Å²) < 4.78 is 14.0. The van der Waals surface area contributed by atoms with Crippen LogP contribution in [0.3, 0.4) is 0 Å². The van der Waals surface area contributed by atoms with Crippen LogP contribution in [0.25, 0.3) is 0 Å². The van der Waals surface area contributed by atoms with Crippen molar-refractivity contribution in [3.63, 3.8) is 0 Å². The first-order valence-electron chi connectivity index (χ1n) is 10.1. The van der Waals surface area contributed by atoms with Gasteiger partial charge in [-0.15, -0.1) is 0 Å². The van der Waals surface area contributed by atoms with E-state index in [9.17, 15) is 4.57 Å². The third kappa shape index (κ3) is 5.74. The summed E-state index contributed by atoms with van der Waals surface area (Å²) in [7, 11) is -2.26. The maximum atomic E-state index is 14.0. The second-order valence-corrected chi connectivity index (χ2v) is 10.7. The van der Waals surface area contributed by atoms with Gasteiger partial charge in [0.05, 0.1) is 5.78 Å². The zero-order valence-corrected chi connectivity index (χ0v) is 16.6. The summed E-state index contributed by atoms with van der Waals surface area (Å²) in [6, 6.07) is 11.1. The van der Waals surface area contributed by atoms with E-state index in [1.807, 2.05) is 0 Å². The van der Waals surface area contributed by atoms with E-state index < -0.39 is 7.14 Å². The van der Waals surface area contributed by atoms with Gasteiger partial charge in [-0.2, -0.15) is 0 Å². The fourth-order valence-corrected chi connectivity index (χ4v) is 7.49. The monoisotopic (exact) mass is 349 g/mol. The molecule has 1 aromatic carbocycles. The van der Waals surface area contributed by atoms with E-state index in [0.717, 1.165) is 38.0 Å². The molecule has 0 heterocycles. The lowest BCUT2D eigenvalue weighted by molar-refractivity contribution is 0.363. The average Bonchev–Trinajstić information content (AvgIpc) is 2.64. The summed E-state index contributed by atoms with van der Waals surface area (Å²) in [5.74, 6) is 0.0555. The Morgan fingerprint density at radius 2 is 1.58 bits per heavy atom. The molecule has 1 atom stereocenters. The molecule has 3 heteroatoms. The van der Waals surface area contributed by atoms with Crippen LogP contribution in [-0.4, -0.2) is 18.4 Å². The Hall–Kier alpha value is -0.590. The topological polar surface area (TPSA) is 29.1 Å². The van der Waals surface area contributed by atoms with Gasteiger partial charge < -0.3 is 9.88 Å². The Balaban J connectivity index is 2.24. The highest BCUT2D eigenvalue weighted by Crippen LogP contribution is 2.59. The van der Waals surface area contributed by atoms with Crippen LogP contribution in [0.5, 0.6) is 0 Å². The molecule has 1 N–H and O–H groups in total. The lowest BCUT2D eigenvalue weighted by Crippen LogP contribution is -2.35. The molecule has 0 bridgehead atoms. The minimum absolute atomic E-state index is 0.0555. The summed E-state index contributed by atoms with van der Waals surface area (Å²) in [5.41, 5.74) is 1.23. The lowest BCUT2D eigenvalue weighted by atomic mass is 9.95. The van der Waals surface area contributed by atoms with Gasteiger partial charge in [0.1, 0.15) is 7.14 Å². The molecule has 136 valence electrons. The molecule has 1 aliphatic rings. The minimum atomic E-state index is -2.26. The third-order valence-corrected chi connectivity index (χ3v) is 8.90. The Labute approximate surface area is 149 Å². The highest BCUT2D eigenvalue weighted by atomic mass is 31.2. The molecule has 2 rings (SSSR count). The molecule has 1 aliphatic carbocycles. The van der Waals surface area contributed by atoms with E-state index in [1.165, 1.54) is 37.7 Å². The van der Waals surface area contributed by atoms with Crippen LogP contribution in [0, 0.1) is 0 Å². The van der Waals surface area contributed by atoms with Gasteiger partial charge in [-0.25, -0.2) is 0 Å². The van der Waals surface area contributed by atoms with Crippen molar-refractivity contribution in [2.24, 2.45) is 0 Å². The van der Waals surface area contributed by atoms with Gasteiger partial charge in [-0.1, -0.05) is 76.3 Å². The fraction of sp³-hybridized carbons (Fsp3) is 0.714. The third-order valence-electron chi connectivity index (χ3n) is 5.36. The smallest absolute Gasteiger partial charge is 0.108 e. The number of benzene rings is 1. The molecule has 0 amide bonds. The van der Waals surface area contributed by atoms with Crippen LogP contribution in [0.1, 0.15) is 83.0 Å². The molecule has 1 unspecified atom stereocenters. The van der Waals surface area contributed by atoms with Gasteiger partial charge in [0.15, 0.2) is 0 Å². The van der Waals surface area contributed by atoms with Crippen molar-refractivity contribution in [3.05, 3.63) is 35.9 Å². The second-order valence-electron chi connectivity index (χ2n) is 7.42. The normalized spacial score (nSPS) is 17.8. The van der Waals surface area contributed by atoms with E-state index in [2.05, 4.69) is 49.5 Å². The largest absolute Gasteiger partial charge is 0.322 e. The molecular weight excluding hydrogens is 313 g/mol. The predicted molar refractivity (Wildman–Crippen MR) is 106 cm³/mol. The Kier molecular flexibility index (Phi) is 8.56. The first kappa shape index (κ1) is 19.7. The first-order valence-corrected chi connectivity index (χ1v) is 12.2. The second kappa shape index (κ2) is 10.4. The van der Waals surface area contributed by atoms with E-state index in [1.54, 1.807) is 0 Å². The molecule has 2 nitrogen and oxygen atoms in total. The number of hydrogen-bond donors (Lipinski definition) is 1. The van der Waals surface area contributed by atoms with E-state index >= 15 is 0 Å². The molecular formula is C21H36NOP. The highest BCUT2D eigenvalue weighted by Gasteiger charge is 2.34. The van der Waals surface area contributed by atoms with Gasteiger partial charge in [0.25, 0.3) is 0 Å². The van der Waals surface area contributed by atoms with Crippen molar-refractivity contribution in [2.75, 3.05) is 12.3 Å². The van der Waals surface area contributed by atoms with Crippen molar-refractivity contribution in [1.82, 2.24) is 5.32 Å². The highest BCUT2D eigenvalue weighted by molar-refractivity contribution is 7.64. The quantitative estimate of drug-likeness (QED) is 0.484. The summed E-state index contributed by atoms with van der Waals surface area (Å²) in [6.45, 7) is 4.41. The Bertz CT molecular complexity index is 484. The maximum Gasteiger partial charge on any atom is 0.108 e. The van der Waals surface area contributed by atoms with Gasteiger partial charge in [0.2, 0.25) is 0 Å². The zero-order valence-electron chi connectivity index (χ0n) is 15.7. The molecule has 0 saturated heterocycles. The standard InChI is InChI=1S/C21H36NOP/c1-3-5-17-24(23,18-6-4-2)21(19-13-9-7-10-14-19)22-20-15-11-8-12-16-20/h7,9-10,13-14,20-22H,3-6,8,11-12,15-18H2,1-2H3. The van der Waals surface area contributed by atoms with Crippen molar-refractivity contribution >= 4 is 7.14 Å². The van der Waals surface area contributed by atoms with Gasteiger partial charge in [-0.3, -0.25) is 0 Å². The summed E-state index contributed by atoms with van der Waals surface area (Å²) in [4.78, 5) is 0. The number of rotatable bonds is 10. The molecule has 1 saturated carbocycles. The summed E-state index contributed by atoms with van der Waals surface area (Å²) in [5, 5.41) is 3.87. The van der Waals surface area contributed by atoms with Gasteiger partial charge >= 0.3 is 0 Å². The number of unbranched alkanes of at least 4 members (excludes halogenated alkanes) is 2. The first-order chi connectivity index (χ1) is 11.7. The van der Waals surface area contributed by atoms with Gasteiger partial charge in [-0.05, 0) is 31.2 Å². The summed E-state index contributed by atoms with van der Waals surface area (Å²) in [6.07, 6.45) is 12.7. The Morgan fingerprint density at radius 1 is 1.00 bits per heavy atom. The average molecular weight is 349 g/mol. The molecule has 0 spiro atoms. The van der Waals surface area contributed by atoms with Crippen LogP contribution < -0.4 is 5.32 Å². The van der Waals surface area contributed by atoms with Crippen molar-refractivity contribution in [2.45, 2.75) is 83.5 Å². The van der Waals surface area contributed by atoms with E-state index in [-0.39, 0.29) is 5.78 Å². The van der Waals surface area contributed by atoms with Crippen molar-refractivity contribution in [1.29, 1.82) is 0 Å². The predicted octanol–water partition coefficient (Wildman–Crippen LogP) is 6.57. The van der Waals surface area contributed by atoms with E-state index in [0.29, 0.717) is 6.04 Å². The summed E-state index contributed by atoms with van der Waals surface area (Å²) >= 11 is 0. The molecule has 24 heavy (non-hydrogen) atoms. The number of nitrogens with one attached hydrogen (secondary N) is 1. The van der Waals surface area contributed by atoms with Gasteiger partial charge in [0, 0.05) is 18.4 Å². The lowest BCUT2D eigenvalue weighted by Gasteiger charge is -2.34. The molecule has 0 aromatic heterocycles. The maximum absolute atomic E-state index is 14.0.